The number of anilines is 1. The number of nitriles is 1. The van der Waals surface area contributed by atoms with E-state index in [0.717, 1.165) is 17.0 Å². The van der Waals surface area contributed by atoms with E-state index in [9.17, 15) is 0 Å². The molecule has 0 amide bonds. The van der Waals surface area contributed by atoms with E-state index in [1.165, 1.54) is 0 Å². The lowest BCUT2D eigenvalue weighted by Gasteiger charge is -2.08. The second kappa shape index (κ2) is 4.84. The summed E-state index contributed by atoms with van der Waals surface area (Å²) in [5, 5.41) is 24.5. The topological polar surface area (TPSA) is 79.4 Å². The molecule has 2 aromatic heterocycles. The second-order valence-corrected chi connectivity index (χ2v) is 4.08. The van der Waals surface area contributed by atoms with Gasteiger partial charge >= 0.3 is 0 Å². The van der Waals surface area contributed by atoms with Crippen molar-refractivity contribution in [2.75, 3.05) is 5.32 Å². The van der Waals surface area contributed by atoms with Crippen LogP contribution in [0, 0.1) is 25.2 Å². The maximum absolute atomic E-state index is 9.15. The average Bonchev–Trinajstić information content (AvgIpc) is 2.77. The van der Waals surface area contributed by atoms with E-state index >= 15 is 0 Å². The normalized spacial score (nSPS) is 10.1. The molecule has 0 saturated carbocycles. The molecule has 0 saturated heterocycles. The van der Waals surface area contributed by atoms with E-state index in [1.807, 2.05) is 33.2 Å². The maximum atomic E-state index is 9.15. The summed E-state index contributed by atoms with van der Waals surface area (Å²) in [7, 11) is 1.86. The highest BCUT2D eigenvalue weighted by molar-refractivity contribution is 5.55. The standard InChI is InChI=1S/C12H14N6/c1-8-9(2)15-16-12(11(8)6-13)14-7-10-4-5-18(3)17-10/h4-5H,7H2,1-3H3,(H,14,16). The first kappa shape index (κ1) is 12.0. The molecule has 6 heteroatoms. The second-order valence-electron chi connectivity index (χ2n) is 4.08. The lowest BCUT2D eigenvalue weighted by atomic mass is 10.1. The summed E-state index contributed by atoms with van der Waals surface area (Å²) in [6.45, 7) is 4.23. The zero-order chi connectivity index (χ0) is 13.1. The Hall–Kier alpha value is -2.42. The zero-order valence-corrected chi connectivity index (χ0v) is 10.6. The molecule has 0 bridgehead atoms. The number of nitrogens with zero attached hydrogens (tertiary/aromatic N) is 5. The van der Waals surface area contributed by atoms with Crippen molar-refractivity contribution >= 4 is 5.82 Å². The fourth-order valence-electron chi connectivity index (χ4n) is 1.60. The summed E-state index contributed by atoms with van der Waals surface area (Å²) in [6, 6.07) is 4.07. The molecule has 0 aliphatic heterocycles. The Bertz CT molecular complexity index is 608. The molecule has 0 aliphatic carbocycles. The highest BCUT2D eigenvalue weighted by Gasteiger charge is 2.10. The van der Waals surface area contributed by atoms with Gasteiger partial charge in [0.2, 0.25) is 0 Å². The summed E-state index contributed by atoms with van der Waals surface area (Å²) >= 11 is 0. The van der Waals surface area contributed by atoms with E-state index in [-0.39, 0.29) is 0 Å². The molecule has 92 valence electrons. The molecule has 0 radical (unpaired) electrons. The third kappa shape index (κ3) is 2.30. The minimum Gasteiger partial charge on any atom is -0.362 e. The molecule has 2 aromatic rings. The van der Waals surface area contributed by atoms with Gasteiger partial charge in [-0.05, 0) is 25.5 Å². The van der Waals surface area contributed by atoms with Crippen molar-refractivity contribution in [2.24, 2.45) is 7.05 Å². The van der Waals surface area contributed by atoms with Crippen LogP contribution in [0.3, 0.4) is 0 Å². The number of nitrogens with one attached hydrogen (secondary N) is 1. The van der Waals surface area contributed by atoms with Crippen LogP contribution in [0.5, 0.6) is 0 Å². The van der Waals surface area contributed by atoms with Crippen LogP contribution in [0.4, 0.5) is 5.82 Å². The van der Waals surface area contributed by atoms with E-state index in [1.54, 1.807) is 4.68 Å². The Morgan fingerprint density at radius 3 is 2.78 bits per heavy atom. The Labute approximate surface area is 105 Å². The maximum Gasteiger partial charge on any atom is 0.167 e. The number of aromatic nitrogens is 4. The fourth-order valence-corrected chi connectivity index (χ4v) is 1.60. The third-order valence-electron chi connectivity index (χ3n) is 2.77. The van der Waals surface area contributed by atoms with Gasteiger partial charge in [-0.15, -0.1) is 5.10 Å². The largest absolute Gasteiger partial charge is 0.362 e. The fraction of sp³-hybridized carbons (Fsp3) is 0.333. The van der Waals surface area contributed by atoms with Gasteiger partial charge in [-0.3, -0.25) is 4.68 Å². The van der Waals surface area contributed by atoms with E-state index in [2.05, 4.69) is 26.7 Å². The third-order valence-corrected chi connectivity index (χ3v) is 2.77. The van der Waals surface area contributed by atoms with E-state index in [0.29, 0.717) is 17.9 Å². The molecule has 0 atom stereocenters. The molecule has 18 heavy (non-hydrogen) atoms. The van der Waals surface area contributed by atoms with Gasteiger partial charge in [0.15, 0.2) is 5.82 Å². The summed E-state index contributed by atoms with van der Waals surface area (Å²) in [6.07, 6.45) is 1.87. The number of hydrogen-bond donors (Lipinski definition) is 1. The van der Waals surface area contributed by atoms with Crippen LogP contribution < -0.4 is 5.32 Å². The van der Waals surface area contributed by atoms with Gasteiger partial charge in [-0.25, -0.2) is 0 Å². The summed E-state index contributed by atoms with van der Waals surface area (Å²) in [5.74, 6) is 0.506. The molecule has 6 nitrogen and oxygen atoms in total. The average molecular weight is 242 g/mol. The van der Waals surface area contributed by atoms with Gasteiger partial charge in [-0.1, -0.05) is 0 Å². The molecule has 0 unspecified atom stereocenters. The molecule has 2 heterocycles. The Morgan fingerprint density at radius 1 is 1.39 bits per heavy atom. The molecule has 0 aliphatic rings. The van der Waals surface area contributed by atoms with Gasteiger partial charge in [0.1, 0.15) is 11.6 Å². The van der Waals surface area contributed by atoms with Crippen molar-refractivity contribution < 1.29 is 0 Å². The molecular formula is C12H14N6. The van der Waals surface area contributed by atoms with Crippen molar-refractivity contribution in [3.63, 3.8) is 0 Å². The van der Waals surface area contributed by atoms with E-state index < -0.39 is 0 Å². The van der Waals surface area contributed by atoms with Gasteiger partial charge < -0.3 is 5.32 Å². The molecule has 1 N–H and O–H groups in total. The summed E-state index contributed by atoms with van der Waals surface area (Å²) < 4.78 is 1.73. The van der Waals surface area contributed by atoms with Crippen LogP contribution in [0.1, 0.15) is 22.5 Å². The lowest BCUT2D eigenvalue weighted by molar-refractivity contribution is 0.746. The zero-order valence-electron chi connectivity index (χ0n) is 10.6. The van der Waals surface area contributed by atoms with Crippen LogP contribution >= 0.6 is 0 Å². The predicted molar refractivity (Wildman–Crippen MR) is 66.8 cm³/mol. The highest BCUT2D eigenvalue weighted by atomic mass is 15.3. The highest BCUT2D eigenvalue weighted by Crippen LogP contribution is 2.17. The Kier molecular flexibility index (Phi) is 3.24. The number of hydrogen-bond acceptors (Lipinski definition) is 5. The SMILES string of the molecule is Cc1nnc(NCc2ccn(C)n2)c(C#N)c1C. The van der Waals surface area contributed by atoms with Crippen LogP contribution in [0.2, 0.25) is 0 Å². The molecular weight excluding hydrogens is 228 g/mol. The van der Waals surface area contributed by atoms with Gasteiger partial charge in [-0.2, -0.15) is 15.5 Å². The van der Waals surface area contributed by atoms with Crippen LogP contribution in [0.15, 0.2) is 12.3 Å². The van der Waals surface area contributed by atoms with Crippen molar-refractivity contribution in [3.8, 4) is 6.07 Å². The van der Waals surface area contributed by atoms with E-state index in [4.69, 9.17) is 5.26 Å². The molecule has 0 aromatic carbocycles. The summed E-state index contributed by atoms with van der Waals surface area (Å²) in [5.41, 5.74) is 3.06. The van der Waals surface area contributed by atoms with Gasteiger partial charge in [0.25, 0.3) is 0 Å². The molecule has 0 fully saturated rings. The first-order valence-corrected chi connectivity index (χ1v) is 5.58. The van der Waals surface area contributed by atoms with Crippen molar-refractivity contribution in [1.29, 1.82) is 5.26 Å². The monoisotopic (exact) mass is 242 g/mol. The number of rotatable bonds is 3. The van der Waals surface area contributed by atoms with Crippen LogP contribution in [-0.2, 0) is 13.6 Å². The van der Waals surface area contributed by atoms with Crippen LogP contribution in [-0.4, -0.2) is 20.0 Å². The summed E-state index contributed by atoms with van der Waals surface area (Å²) in [4.78, 5) is 0. The predicted octanol–water partition coefficient (Wildman–Crippen LogP) is 1.31. The minimum absolute atomic E-state index is 0.506. The van der Waals surface area contributed by atoms with Gasteiger partial charge in [0, 0.05) is 13.2 Å². The van der Waals surface area contributed by atoms with Crippen molar-refractivity contribution in [1.82, 2.24) is 20.0 Å². The minimum atomic E-state index is 0.506. The quantitative estimate of drug-likeness (QED) is 0.877. The Balaban J connectivity index is 2.20. The molecule has 0 spiro atoms. The first-order valence-electron chi connectivity index (χ1n) is 5.58. The first-order chi connectivity index (χ1) is 8.61. The van der Waals surface area contributed by atoms with Crippen LogP contribution in [0.25, 0.3) is 0 Å². The van der Waals surface area contributed by atoms with Gasteiger partial charge in [0.05, 0.1) is 17.9 Å². The van der Waals surface area contributed by atoms with Crippen molar-refractivity contribution in [2.45, 2.75) is 20.4 Å². The van der Waals surface area contributed by atoms with Crippen molar-refractivity contribution in [3.05, 3.63) is 34.8 Å². The number of aryl methyl sites for hydroxylation is 2. The smallest absolute Gasteiger partial charge is 0.167 e. The molecule has 2 rings (SSSR count). The lowest BCUT2D eigenvalue weighted by Crippen LogP contribution is -2.08. The Morgan fingerprint density at radius 2 is 2.17 bits per heavy atom.